The van der Waals surface area contributed by atoms with E-state index in [1.807, 2.05) is 6.92 Å². The van der Waals surface area contributed by atoms with E-state index in [1.54, 1.807) is 0 Å². The number of hydrogen-bond donors (Lipinski definition) is 2. The van der Waals surface area contributed by atoms with Gasteiger partial charge in [-0.2, -0.15) is 0 Å². The third-order valence-electron chi connectivity index (χ3n) is 9.56. The minimum atomic E-state index is -0.969. The van der Waals surface area contributed by atoms with Crippen LogP contribution in [0, 0.1) is 34.5 Å². The van der Waals surface area contributed by atoms with Crippen molar-refractivity contribution < 1.29 is 19.7 Å². The van der Waals surface area contributed by atoms with E-state index in [-0.39, 0.29) is 22.9 Å². The van der Waals surface area contributed by atoms with Gasteiger partial charge >= 0.3 is 5.97 Å². The first-order valence-electron chi connectivity index (χ1n) is 10.8. The van der Waals surface area contributed by atoms with Crippen molar-refractivity contribution in [3.05, 3.63) is 11.6 Å². The maximum atomic E-state index is 12.3. The first-order valence-corrected chi connectivity index (χ1v) is 10.8. The highest BCUT2D eigenvalue weighted by Gasteiger charge is 2.66. The van der Waals surface area contributed by atoms with E-state index >= 15 is 0 Å². The van der Waals surface area contributed by atoms with Gasteiger partial charge in [0.1, 0.15) is 0 Å². The van der Waals surface area contributed by atoms with Gasteiger partial charge in [-0.25, -0.2) is 0 Å². The average molecular weight is 377 g/mol. The number of methoxy groups -OCH3 is 1. The average Bonchev–Trinajstić information content (AvgIpc) is 2.93. The zero-order valence-electron chi connectivity index (χ0n) is 17.3. The Morgan fingerprint density at radius 1 is 1.19 bits per heavy atom. The Kier molecular flexibility index (Phi) is 4.55. The molecule has 152 valence electrons. The van der Waals surface area contributed by atoms with Crippen LogP contribution >= 0.6 is 0 Å². The van der Waals surface area contributed by atoms with Crippen LogP contribution in [0.15, 0.2) is 11.6 Å². The van der Waals surface area contributed by atoms with Crippen molar-refractivity contribution in [2.45, 2.75) is 83.8 Å². The second kappa shape index (κ2) is 6.32. The van der Waals surface area contributed by atoms with Crippen molar-refractivity contribution in [1.29, 1.82) is 0 Å². The van der Waals surface area contributed by atoms with Crippen LogP contribution in [0.25, 0.3) is 0 Å². The molecule has 4 heteroatoms. The molecule has 0 heterocycles. The molecular weight excluding hydrogens is 340 g/mol. The van der Waals surface area contributed by atoms with Gasteiger partial charge in [0.25, 0.3) is 0 Å². The van der Waals surface area contributed by atoms with Crippen molar-refractivity contribution in [3.8, 4) is 0 Å². The number of hydrogen-bond acceptors (Lipinski definition) is 4. The molecule has 0 spiro atoms. The summed E-state index contributed by atoms with van der Waals surface area (Å²) in [4.78, 5) is 12.3. The molecule has 0 unspecified atom stereocenters. The summed E-state index contributed by atoms with van der Waals surface area (Å²) in [5.41, 5.74) is 0.487. The summed E-state index contributed by atoms with van der Waals surface area (Å²) >= 11 is 0. The van der Waals surface area contributed by atoms with Gasteiger partial charge in [-0.05, 0) is 81.5 Å². The summed E-state index contributed by atoms with van der Waals surface area (Å²) < 4.78 is 4.99. The zero-order chi connectivity index (χ0) is 19.6. The molecule has 2 N–H and O–H groups in total. The monoisotopic (exact) mass is 376 g/mol. The number of fused-ring (bicyclic) bond motifs is 5. The lowest BCUT2D eigenvalue weighted by atomic mass is 9.46. The van der Waals surface area contributed by atoms with Gasteiger partial charge in [0.05, 0.1) is 24.7 Å². The number of ether oxygens (including phenoxy) is 1. The van der Waals surface area contributed by atoms with Crippen molar-refractivity contribution in [2.75, 3.05) is 7.11 Å². The largest absolute Gasteiger partial charge is 0.469 e. The smallest absolute Gasteiger partial charge is 0.311 e. The maximum absolute atomic E-state index is 12.3. The van der Waals surface area contributed by atoms with Crippen LogP contribution in [-0.2, 0) is 9.53 Å². The molecule has 4 rings (SSSR count). The molecule has 8 atom stereocenters. The van der Waals surface area contributed by atoms with Crippen LogP contribution in [-0.4, -0.2) is 35.0 Å². The van der Waals surface area contributed by atoms with E-state index < -0.39 is 11.5 Å². The van der Waals surface area contributed by atoms with Gasteiger partial charge in [-0.3, -0.25) is 4.79 Å². The number of rotatable bonds is 2. The number of carbonyl (C=O) groups is 1. The Hall–Kier alpha value is -0.870. The summed E-state index contributed by atoms with van der Waals surface area (Å²) in [5, 5.41) is 21.8. The minimum Gasteiger partial charge on any atom is -0.469 e. The number of carbonyl (C=O) groups excluding carboxylic acids is 1. The van der Waals surface area contributed by atoms with E-state index in [9.17, 15) is 15.0 Å². The second-order valence-corrected chi connectivity index (χ2v) is 10.3. The van der Waals surface area contributed by atoms with E-state index in [0.29, 0.717) is 24.2 Å². The summed E-state index contributed by atoms with van der Waals surface area (Å²) in [5.74, 6) is 0.894. The predicted molar refractivity (Wildman–Crippen MR) is 104 cm³/mol. The van der Waals surface area contributed by atoms with Crippen LogP contribution < -0.4 is 0 Å². The van der Waals surface area contributed by atoms with Crippen molar-refractivity contribution >= 4 is 5.97 Å². The molecule has 0 aromatic rings. The summed E-state index contributed by atoms with van der Waals surface area (Å²) in [6, 6.07) is 0. The van der Waals surface area contributed by atoms with Gasteiger partial charge < -0.3 is 14.9 Å². The van der Waals surface area contributed by atoms with Gasteiger partial charge in [0.2, 0.25) is 0 Å². The van der Waals surface area contributed by atoms with Gasteiger partial charge in [0.15, 0.2) is 0 Å². The highest BCUT2D eigenvalue weighted by molar-refractivity contribution is 5.73. The number of allylic oxidation sites excluding steroid dienone is 1. The summed E-state index contributed by atoms with van der Waals surface area (Å²) in [7, 11) is 1.42. The fraction of sp³-hybridized carbons (Fsp3) is 0.870. The van der Waals surface area contributed by atoms with Crippen LogP contribution in [0.4, 0.5) is 0 Å². The molecular formula is C23H36O4. The van der Waals surface area contributed by atoms with E-state index in [4.69, 9.17) is 4.74 Å². The Labute approximate surface area is 163 Å². The Balaban J connectivity index is 1.65. The molecule has 27 heavy (non-hydrogen) atoms. The van der Waals surface area contributed by atoms with Gasteiger partial charge in [-0.15, -0.1) is 0 Å². The van der Waals surface area contributed by atoms with Crippen LogP contribution in [0.1, 0.15) is 72.1 Å². The van der Waals surface area contributed by atoms with Crippen LogP contribution in [0.5, 0.6) is 0 Å². The quantitative estimate of drug-likeness (QED) is 0.567. The molecule has 4 nitrogen and oxygen atoms in total. The van der Waals surface area contributed by atoms with E-state index in [0.717, 1.165) is 44.9 Å². The van der Waals surface area contributed by atoms with E-state index in [1.165, 1.54) is 12.7 Å². The Morgan fingerprint density at radius 2 is 1.89 bits per heavy atom. The standard InChI is InChI=1S/C23H36O4/c1-14(20(25)27-4)23(26)12-9-19-17-6-5-15-13-16(24)7-10-21(15,2)18(17)8-11-22(19,23)3/h5,14,16-19,24,26H,6-13H2,1-4H3/t14-,16+,17+,18-,19-,21-,22-,23+/m0/s1. The van der Waals surface area contributed by atoms with E-state index in [2.05, 4.69) is 19.9 Å². The summed E-state index contributed by atoms with van der Waals surface area (Å²) in [6.07, 6.45) is 9.89. The highest BCUT2D eigenvalue weighted by atomic mass is 16.5. The zero-order valence-corrected chi connectivity index (χ0v) is 17.3. The lowest BCUT2D eigenvalue weighted by molar-refractivity contribution is -0.177. The fourth-order valence-corrected chi connectivity index (χ4v) is 7.78. The Morgan fingerprint density at radius 3 is 2.59 bits per heavy atom. The molecule has 0 saturated heterocycles. The first-order chi connectivity index (χ1) is 12.7. The molecule has 3 fully saturated rings. The Bertz CT molecular complexity index is 657. The molecule has 3 saturated carbocycles. The fourth-order valence-electron chi connectivity index (χ4n) is 7.78. The molecule has 0 aliphatic heterocycles. The minimum absolute atomic E-state index is 0.174. The lowest BCUT2D eigenvalue weighted by Gasteiger charge is -2.59. The van der Waals surface area contributed by atoms with Crippen molar-refractivity contribution in [1.82, 2.24) is 0 Å². The number of esters is 1. The molecule has 4 aliphatic carbocycles. The topological polar surface area (TPSA) is 66.8 Å². The van der Waals surface area contributed by atoms with Crippen LogP contribution in [0.3, 0.4) is 0 Å². The van der Waals surface area contributed by atoms with Crippen molar-refractivity contribution in [2.24, 2.45) is 34.5 Å². The molecule has 4 aliphatic rings. The molecule has 0 radical (unpaired) electrons. The van der Waals surface area contributed by atoms with Gasteiger partial charge in [0, 0.05) is 5.41 Å². The third kappa shape index (κ3) is 2.51. The maximum Gasteiger partial charge on any atom is 0.311 e. The SMILES string of the molecule is COC(=O)[C@H](C)[C@]1(O)CC[C@H]2[C@@H]3CC=C4C[C@H](O)CC[C@]4(C)[C@H]3CC[C@@]21C. The third-order valence-corrected chi connectivity index (χ3v) is 9.56. The van der Waals surface area contributed by atoms with Crippen molar-refractivity contribution in [3.63, 3.8) is 0 Å². The highest BCUT2D eigenvalue weighted by Crippen LogP contribution is 2.68. The first kappa shape index (κ1) is 19.4. The number of aliphatic hydroxyl groups is 2. The molecule has 0 aromatic heterocycles. The van der Waals surface area contributed by atoms with Crippen LogP contribution in [0.2, 0.25) is 0 Å². The molecule has 0 aromatic carbocycles. The normalized spacial score (nSPS) is 50.1. The second-order valence-electron chi connectivity index (χ2n) is 10.3. The molecule has 0 amide bonds. The summed E-state index contributed by atoms with van der Waals surface area (Å²) in [6.45, 7) is 6.49. The molecule has 0 bridgehead atoms. The number of aliphatic hydroxyl groups excluding tert-OH is 1. The lowest BCUT2D eigenvalue weighted by Crippen LogP contribution is -2.57. The predicted octanol–water partition coefficient (Wildman–Crippen LogP) is 3.85. The van der Waals surface area contributed by atoms with Gasteiger partial charge in [-0.1, -0.05) is 25.5 Å².